The van der Waals surface area contributed by atoms with Crippen LogP contribution in [0.25, 0.3) is 0 Å². The summed E-state index contributed by atoms with van der Waals surface area (Å²) in [4.78, 5) is 59.8. The van der Waals surface area contributed by atoms with Crippen molar-refractivity contribution in [3.05, 3.63) is 35.6 Å². The molecule has 0 aromatic heterocycles. The molecule has 0 aromatic carbocycles. The Balaban J connectivity index is 2.01. The average Bonchev–Trinajstić information content (AvgIpc) is 2.82. The molecule has 9 nitrogen and oxygen atoms in total. The van der Waals surface area contributed by atoms with Gasteiger partial charge in [0.25, 0.3) is 11.8 Å². The van der Waals surface area contributed by atoms with Crippen LogP contribution in [0.5, 0.6) is 0 Å². The fraction of sp³-hybridized carbons (Fsp3) is 0.353. The third-order valence-electron chi connectivity index (χ3n) is 3.74. The van der Waals surface area contributed by atoms with Crippen molar-refractivity contribution in [3.63, 3.8) is 0 Å². The van der Waals surface area contributed by atoms with Gasteiger partial charge in [0, 0.05) is 30.9 Å². The number of nitrogens with zero attached hydrogens (tertiary/aromatic N) is 1. The summed E-state index contributed by atoms with van der Waals surface area (Å²) in [6.07, 6.45) is 5.79. The predicted octanol–water partition coefficient (Wildman–Crippen LogP) is -0.691. The summed E-state index contributed by atoms with van der Waals surface area (Å²) >= 11 is 0. The number of imide groups is 2. The second kappa shape index (κ2) is 8.34. The summed E-state index contributed by atoms with van der Waals surface area (Å²) in [5.41, 5.74) is 0.648. The number of amides is 5. The molecule has 1 saturated heterocycles. The lowest BCUT2D eigenvalue weighted by Crippen LogP contribution is -2.54. The standard InChI is InChI=1S/C17H19N3O6/c1-10(18-14(22)9-26-2)4-3-5-11-8-15(23)20(17(11)25)12-6-7-13(21)19-16(12)24/h3-5,8,12H,6-7,9H2,1-2H3,(H,18,22)(H,19,21,24)/b5-3-,10-4+. The summed E-state index contributed by atoms with van der Waals surface area (Å²) in [6, 6.07) is -0.986. The summed E-state index contributed by atoms with van der Waals surface area (Å²) in [7, 11) is 1.40. The summed E-state index contributed by atoms with van der Waals surface area (Å²) < 4.78 is 4.69. The molecule has 26 heavy (non-hydrogen) atoms. The molecule has 2 heterocycles. The highest BCUT2D eigenvalue weighted by Gasteiger charge is 2.41. The van der Waals surface area contributed by atoms with E-state index in [9.17, 15) is 24.0 Å². The first-order valence-electron chi connectivity index (χ1n) is 7.90. The number of ether oxygens (including phenoxy) is 1. The third-order valence-corrected chi connectivity index (χ3v) is 3.74. The van der Waals surface area contributed by atoms with E-state index in [4.69, 9.17) is 4.74 Å². The second-order valence-electron chi connectivity index (χ2n) is 5.77. The van der Waals surface area contributed by atoms with Crippen LogP contribution in [-0.2, 0) is 28.7 Å². The highest BCUT2D eigenvalue weighted by atomic mass is 16.5. The Labute approximate surface area is 149 Å². The van der Waals surface area contributed by atoms with Gasteiger partial charge in [0.05, 0.1) is 0 Å². The van der Waals surface area contributed by atoms with Gasteiger partial charge in [0.2, 0.25) is 17.7 Å². The molecule has 1 atom stereocenters. The summed E-state index contributed by atoms with van der Waals surface area (Å²) in [5, 5.41) is 4.70. The van der Waals surface area contributed by atoms with Crippen LogP contribution in [0.1, 0.15) is 19.8 Å². The van der Waals surface area contributed by atoms with E-state index in [1.807, 2.05) is 0 Å². The van der Waals surface area contributed by atoms with Gasteiger partial charge in [-0.25, -0.2) is 0 Å². The topological polar surface area (TPSA) is 122 Å². The molecule has 2 N–H and O–H groups in total. The number of piperidine rings is 1. The van der Waals surface area contributed by atoms with Crippen molar-refractivity contribution in [2.45, 2.75) is 25.8 Å². The van der Waals surface area contributed by atoms with Crippen molar-refractivity contribution in [3.8, 4) is 0 Å². The highest BCUT2D eigenvalue weighted by molar-refractivity contribution is 6.20. The molecule has 0 aromatic rings. The predicted molar refractivity (Wildman–Crippen MR) is 89.0 cm³/mol. The lowest BCUT2D eigenvalue weighted by Gasteiger charge is -2.28. The SMILES string of the molecule is COCC(=O)N/C(C)=C/C=C\C1=CC(=O)N(C2CCC(=O)NC2=O)C1=O. The van der Waals surface area contributed by atoms with Crippen molar-refractivity contribution >= 4 is 29.5 Å². The first kappa shape index (κ1) is 19.3. The minimum atomic E-state index is -0.986. The number of hydrogen-bond acceptors (Lipinski definition) is 6. The monoisotopic (exact) mass is 361 g/mol. The molecule has 0 bridgehead atoms. The fourth-order valence-corrected chi connectivity index (χ4v) is 2.57. The van der Waals surface area contributed by atoms with E-state index < -0.39 is 29.7 Å². The van der Waals surface area contributed by atoms with Gasteiger partial charge in [-0.15, -0.1) is 0 Å². The zero-order chi connectivity index (χ0) is 19.3. The summed E-state index contributed by atoms with van der Waals surface area (Å²) in [5.74, 6) is -2.59. The van der Waals surface area contributed by atoms with Crippen molar-refractivity contribution < 1.29 is 28.7 Å². The smallest absolute Gasteiger partial charge is 0.261 e. The molecule has 138 valence electrons. The van der Waals surface area contributed by atoms with Crippen LogP contribution in [0.3, 0.4) is 0 Å². The number of rotatable bonds is 6. The normalized spacial score (nSPS) is 21.3. The van der Waals surface area contributed by atoms with Gasteiger partial charge < -0.3 is 10.1 Å². The quantitative estimate of drug-likeness (QED) is 0.477. The first-order valence-corrected chi connectivity index (χ1v) is 7.90. The number of allylic oxidation sites excluding steroid dienone is 3. The molecule has 5 amide bonds. The van der Waals surface area contributed by atoms with Crippen LogP contribution in [0.4, 0.5) is 0 Å². The number of carbonyl (C=O) groups is 5. The molecular formula is C17H19N3O6. The Morgan fingerprint density at radius 1 is 1.38 bits per heavy atom. The van der Waals surface area contributed by atoms with E-state index in [0.29, 0.717) is 5.70 Å². The zero-order valence-electron chi connectivity index (χ0n) is 14.4. The Hall–Kier alpha value is -3.07. The molecule has 0 saturated carbocycles. The Kier molecular flexibility index (Phi) is 6.18. The van der Waals surface area contributed by atoms with Gasteiger partial charge in [0.15, 0.2) is 0 Å². The van der Waals surface area contributed by atoms with Gasteiger partial charge >= 0.3 is 0 Å². The van der Waals surface area contributed by atoms with Crippen LogP contribution < -0.4 is 10.6 Å². The lowest BCUT2D eigenvalue weighted by atomic mass is 10.0. The Morgan fingerprint density at radius 3 is 2.77 bits per heavy atom. The maximum atomic E-state index is 12.4. The van der Waals surface area contributed by atoms with E-state index in [-0.39, 0.29) is 30.9 Å². The van der Waals surface area contributed by atoms with Crippen molar-refractivity contribution in [1.29, 1.82) is 0 Å². The van der Waals surface area contributed by atoms with E-state index in [2.05, 4.69) is 10.6 Å². The van der Waals surface area contributed by atoms with Gasteiger partial charge in [-0.1, -0.05) is 6.08 Å². The van der Waals surface area contributed by atoms with Crippen LogP contribution in [0.2, 0.25) is 0 Å². The number of carbonyl (C=O) groups excluding carboxylic acids is 5. The van der Waals surface area contributed by atoms with Gasteiger partial charge in [0.1, 0.15) is 12.6 Å². The lowest BCUT2D eigenvalue weighted by molar-refractivity contribution is -0.149. The van der Waals surface area contributed by atoms with Crippen molar-refractivity contribution in [1.82, 2.24) is 15.5 Å². The third kappa shape index (κ3) is 4.51. The zero-order valence-corrected chi connectivity index (χ0v) is 14.4. The first-order chi connectivity index (χ1) is 12.3. The molecule has 0 spiro atoms. The maximum absolute atomic E-state index is 12.4. The van der Waals surface area contributed by atoms with Crippen LogP contribution in [0, 0.1) is 0 Å². The van der Waals surface area contributed by atoms with E-state index in [1.165, 1.54) is 19.3 Å². The van der Waals surface area contributed by atoms with E-state index in [1.54, 1.807) is 13.0 Å². The fourth-order valence-electron chi connectivity index (χ4n) is 2.57. The van der Waals surface area contributed by atoms with Gasteiger partial charge in [-0.2, -0.15) is 0 Å². The largest absolute Gasteiger partial charge is 0.375 e. The van der Waals surface area contributed by atoms with Gasteiger partial charge in [-0.05, 0) is 25.5 Å². The Morgan fingerprint density at radius 2 is 2.12 bits per heavy atom. The number of hydrogen-bond donors (Lipinski definition) is 2. The maximum Gasteiger partial charge on any atom is 0.261 e. The average molecular weight is 361 g/mol. The molecule has 1 fully saturated rings. The molecule has 2 rings (SSSR count). The minimum Gasteiger partial charge on any atom is -0.375 e. The van der Waals surface area contributed by atoms with Crippen molar-refractivity contribution in [2.75, 3.05) is 13.7 Å². The second-order valence-corrected chi connectivity index (χ2v) is 5.77. The summed E-state index contributed by atoms with van der Waals surface area (Å²) in [6.45, 7) is 1.58. The minimum absolute atomic E-state index is 0.0712. The Bertz CT molecular complexity index is 750. The molecular weight excluding hydrogens is 342 g/mol. The molecule has 9 heteroatoms. The van der Waals surface area contributed by atoms with E-state index in [0.717, 1.165) is 11.0 Å². The molecule has 0 radical (unpaired) electrons. The van der Waals surface area contributed by atoms with Crippen LogP contribution >= 0.6 is 0 Å². The van der Waals surface area contributed by atoms with E-state index >= 15 is 0 Å². The molecule has 0 aliphatic carbocycles. The molecule has 1 unspecified atom stereocenters. The number of nitrogens with one attached hydrogen (secondary N) is 2. The highest BCUT2D eigenvalue weighted by Crippen LogP contribution is 2.21. The van der Waals surface area contributed by atoms with Crippen LogP contribution in [0.15, 0.2) is 35.6 Å². The number of methoxy groups -OCH3 is 1. The van der Waals surface area contributed by atoms with Gasteiger partial charge in [-0.3, -0.25) is 34.2 Å². The van der Waals surface area contributed by atoms with Crippen LogP contribution in [-0.4, -0.2) is 54.2 Å². The molecule has 2 aliphatic rings. The van der Waals surface area contributed by atoms with Crippen molar-refractivity contribution in [2.24, 2.45) is 0 Å². The molecule has 2 aliphatic heterocycles.